The van der Waals surface area contributed by atoms with E-state index in [1.54, 1.807) is 54.4 Å². The zero-order valence-electron chi connectivity index (χ0n) is 25.0. The molecular formula is C34H34FN3O5. The SMILES string of the molecule is COc1ccccc1C(=O)Oc1ccc(-c2ccc3c(c2CNc2cc(F)ccc2C)N(C)C(=O)C(C)(C)N3)c(OC)c1. The van der Waals surface area contributed by atoms with E-state index in [0.717, 1.165) is 27.9 Å². The molecule has 0 atom stereocenters. The van der Waals surface area contributed by atoms with Crippen molar-refractivity contribution in [1.29, 1.82) is 0 Å². The third-order valence-electron chi connectivity index (χ3n) is 7.56. The molecule has 0 aromatic heterocycles. The lowest BCUT2D eigenvalue weighted by molar-refractivity contribution is -0.121. The Hall–Kier alpha value is -5.05. The Balaban J connectivity index is 1.57. The lowest BCUT2D eigenvalue weighted by Gasteiger charge is -2.40. The molecule has 4 aromatic carbocycles. The smallest absolute Gasteiger partial charge is 0.347 e. The van der Waals surface area contributed by atoms with Gasteiger partial charge in [0.1, 0.15) is 34.2 Å². The minimum absolute atomic E-state index is 0.0918. The highest BCUT2D eigenvalue weighted by atomic mass is 19.1. The summed E-state index contributed by atoms with van der Waals surface area (Å²) in [6.07, 6.45) is 0. The number of aryl methyl sites for hydroxylation is 1. The van der Waals surface area contributed by atoms with Crippen molar-refractivity contribution in [2.24, 2.45) is 0 Å². The number of para-hydroxylation sites is 1. The molecule has 1 amide bonds. The summed E-state index contributed by atoms with van der Waals surface area (Å²) < 4.78 is 30.8. The van der Waals surface area contributed by atoms with Gasteiger partial charge in [-0.05, 0) is 74.4 Å². The molecule has 0 saturated heterocycles. The van der Waals surface area contributed by atoms with Gasteiger partial charge in [0.15, 0.2) is 0 Å². The first-order valence-corrected chi connectivity index (χ1v) is 13.8. The number of halogens is 1. The third kappa shape index (κ3) is 5.70. The van der Waals surface area contributed by atoms with Crippen molar-refractivity contribution in [2.75, 3.05) is 36.8 Å². The van der Waals surface area contributed by atoms with E-state index >= 15 is 0 Å². The monoisotopic (exact) mass is 583 g/mol. The number of carbonyl (C=O) groups excluding carboxylic acids is 2. The van der Waals surface area contributed by atoms with Crippen LogP contribution in [0.15, 0.2) is 72.8 Å². The lowest BCUT2D eigenvalue weighted by Crippen LogP contribution is -2.52. The van der Waals surface area contributed by atoms with Crippen molar-refractivity contribution in [2.45, 2.75) is 32.9 Å². The van der Waals surface area contributed by atoms with Gasteiger partial charge in [-0.15, -0.1) is 0 Å². The molecule has 0 aliphatic carbocycles. The largest absolute Gasteiger partial charge is 0.496 e. The van der Waals surface area contributed by atoms with Crippen molar-refractivity contribution in [3.8, 4) is 28.4 Å². The predicted molar refractivity (Wildman–Crippen MR) is 166 cm³/mol. The van der Waals surface area contributed by atoms with Crippen LogP contribution in [-0.2, 0) is 11.3 Å². The second kappa shape index (κ2) is 11.7. The molecule has 0 unspecified atom stereocenters. The van der Waals surface area contributed by atoms with Crippen LogP contribution in [0.25, 0.3) is 11.1 Å². The molecular weight excluding hydrogens is 549 g/mol. The first-order valence-electron chi connectivity index (χ1n) is 13.8. The fourth-order valence-corrected chi connectivity index (χ4v) is 5.36. The fourth-order valence-electron chi connectivity index (χ4n) is 5.36. The molecule has 0 saturated carbocycles. The summed E-state index contributed by atoms with van der Waals surface area (Å²) in [6, 6.07) is 20.4. The molecule has 8 nitrogen and oxygen atoms in total. The standard InChI is InChI=1S/C34H34FN3O5/c1-20-11-12-21(35)17-28(20)36-19-26-23(15-16-27-31(26)38(4)33(40)34(2,3)37-27)24-14-13-22(18-30(24)42-6)43-32(39)25-9-7-8-10-29(25)41-5/h7-18,36-37H,19H2,1-6H3. The van der Waals surface area contributed by atoms with Gasteiger partial charge < -0.3 is 29.7 Å². The topological polar surface area (TPSA) is 89.1 Å². The lowest BCUT2D eigenvalue weighted by atomic mass is 9.91. The number of hydrogen-bond donors (Lipinski definition) is 2. The highest BCUT2D eigenvalue weighted by molar-refractivity contribution is 6.09. The number of rotatable bonds is 8. The van der Waals surface area contributed by atoms with Crippen LogP contribution in [-0.4, -0.2) is 38.7 Å². The molecule has 0 spiro atoms. The Morgan fingerprint density at radius 1 is 0.953 bits per heavy atom. The summed E-state index contributed by atoms with van der Waals surface area (Å²) in [6.45, 7) is 5.86. The van der Waals surface area contributed by atoms with Crippen LogP contribution < -0.4 is 29.7 Å². The molecule has 0 fully saturated rings. The van der Waals surface area contributed by atoms with Gasteiger partial charge >= 0.3 is 5.97 Å². The Morgan fingerprint density at radius 3 is 2.42 bits per heavy atom. The first-order chi connectivity index (χ1) is 20.5. The van der Waals surface area contributed by atoms with E-state index in [-0.39, 0.29) is 18.3 Å². The molecule has 222 valence electrons. The molecule has 1 heterocycles. The number of carbonyl (C=O) groups is 2. The van der Waals surface area contributed by atoms with Crippen LogP contribution in [0.1, 0.15) is 35.3 Å². The number of methoxy groups -OCH3 is 2. The molecule has 4 aromatic rings. The van der Waals surface area contributed by atoms with Gasteiger partial charge in [0, 0.05) is 36.5 Å². The number of ether oxygens (including phenoxy) is 3. The van der Waals surface area contributed by atoms with Crippen LogP contribution in [0.5, 0.6) is 17.2 Å². The van der Waals surface area contributed by atoms with E-state index < -0.39 is 11.5 Å². The minimum Gasteiger partial charge on any atom is -0.496 e. The molecule has 1 aliphatic heterocycles. The number of benzene rings is 4. The molecule has 0 bridgehead atoms. The number of nitrogens with zero attached hydrogens (tertiary/aromatic N) is 1. The number of nitrogens with one attached hydrogen (secondary N) is 2. The van der Waals surface area contributed by atoms with Crippen molar-refractivity contribution >= 4 is 28.9 Å². The Morgan fingerprint density at radius 2 is 1.67 bits per heavy atom. The van der Waals surface area contributed by atoms with E-state index in [1.807, 2.05) is 39.0 Å². The van der Waals surface area contributed by atoms with E-state index in [9.17, 15) is 14.0 Å². The Labute approximate surface area is 250 Å². The molecule has 9 heteroatoms. The highest BCUT2D eigenvalue weighted by Gasteiger charge is 2.38. The number of esters is 1. The molecule has 43 heavy (non-hydrogen) atoms. The van der Waals surface area contributed by atoms with Gasteiger partial charge in [-0.25, -0.2) is 9.18 Å². The number of anilines is 3. The Kier molecular flexibility index (Phi) is 8.00. The van der Waals surface area contributed by atoms with E-state index in [2.05, 4.69) is 10.6 Å². The van der Waals surface area contributed by atoms with Gasteiger partial charge in [0.2, 0.25) is 0 Å². The summed E-state index contributed by atoms with van der Waals surface area (Å²) in [5, 5.41) is 6.72. The van der Waals surface area contributed by atoms with E-state index in [4.69, 9.17) is 14.2 Å². The zero-order chi connectivity index (χ0) is 30.9. The maximum Gasteiger partial charge on any atom is 0.347 e. The van der Waals surface area contributed by atoms with Crippen molar-refractivity contribution in [3.63, 3.8) is 0 Å². The fraction of sp³-hybridized carbons (Fsp3) is 0.235. The van der Waals surface area contributed by atoms with Gasteiger partial charge in [0.05, 0.1) is 25.6 Å². The zero-order valence-corrected chi connectivity index (χ0v) is 25.0. The summed E-state index contributed by atoms with van der Waals surface area (Å²) in [4.78, 5) is 27.9. The third-order valence-corrected chi connectivity index (χ3v) is 7.56. The molecule has 2 N–H and O–H groups in total. The second-order valence-corrected chi connectivity index (χ2v) is 10.9. The van der Waals surface area contributed by atoms with Crippen LogP contribution in [0.2, 0.25) is 0 Å². The van der Waals surface area contributed by atoms with E-state index in [1.165, 1.54) is 26.4 Å². The van der Waals surface area contributed by atoms with Gasteiger partial charge in [-0.1, -0.05) is 24.3 Å². The van der Waals surface area contributed by atoms with Crippen LogP contribution >= 0.6 is 0 Å². The van der Waals surface area contributed by atoms with Crippen molar-refractivity contribution in [3.05, 3.63) is 95.3 Å². The maximum absolute atomic E-state index is 14.1. The summed E-state index contributed by atoms with van der Waals surface area (Å²) in [5.74, 6) is 0.160. The average Bonchev–Trinajstić information content (AvgIpc) is 3.00. The van der Waals surface area contributed by atoms with Gasteiger partial charge in [0.25, 0.3) is 5.91 Å². The quantitative estimate of drug-likeness (QED) is 0.174. The molecule has 5 rings (SSSR count). The van der Waals surface area contributed by atoms with Crippen LogP contribution in [0.3, 0.4) is 0 Å². The molecule has 0 radical (unpaired) electrons. The maximum atomic E-state index is 14.1. The number of amides is 1. The summed E-state index contributed by atoms with van der Waals surface area (Å²) in [7, 11) is 4.78. The second-order valence-electron chi connectivity index (χ2n) is 10.9. The average molecular weight is 584 g/mol. The van der Waals surface area contributed by atoms with E-state index in [0.29, 0.717) is 34.2 Å². The first kappa shape index (κ1) is 29.4. The minimum atomic E-state index is -0.794. The predicted octanol–water partition coefficient (Wildman–Crippen LogP) is 6.82. The van der Waals surface area contributed by atoms with Gasteiger partial charge in [-0.3, -0.25) is 4.79 Å². The number of likely N-dealkylation sites (N-methyl/N-ethyl adjacent to an activating group) is 1. The van der Waals surface area contributed by atoms with Crippen molar-refractivity contribution in [1.82, 2.24) is 0 Å². The number of hydrogen-bond acceptors (Lipinski definition) is 7. The van der Waals surface area contributed by atoms with Gasteiger partial charge in [-0.2, -0.15) is 0 Å². The molecule has 1 aliphatic rings. The van der Waals surface area contributed by atoms with Crippen molar-refractivity contribution < 1.29 is 28.2 Å². The normalized spacial score (nSPS) is 13.6. The number of fused-ring (bicyclic) bond motifs is 1. The van der Waals surface area contributed by atoms with Crippen LogP contribution in [0, 0.1) is 12.7 Å². The Bertz CT molecular complexity index is 1720. The van der Waals surface area contributed by atoms with Crippen LogP contribution in [0.4, 0.5) is 21.5 Å². The highest BCUT2D eigenvalue weighted by Crippen LogP contribution is 2.45. The summed E-state index contributed by atoms with van der Waals surface area (Å²) in [5.41, 5.74) is 4.85. The summed E-state index contributed by atoms with van der Waals surface area (Å²) >= 11 is 0.